The molecule has 0 aliphatic carbocycles. The molecule has 104 valence electrons. The Labute approximate surface area is 122 Å². The number of benzene rings is 1. The molecule has 0 bridgehead atoms. The standard InChI is InChI=1S/C15H16ClN3O/c1-10(14-3-2-6-20-14)19-13-7-11(9-17)4-5-12(13)18-15(19)8-16/h4-5,7,10,14H,2-3,6,8H2,1H3. The fourth-order valence-corrected chi connectivity index (χ4v) is 3.10. The highest BCUT2D eigenvalue weighted by Gasteiger charge is 2.26. The van der Waals surface area contributed by atoms with Crippen LogP contribution in [0.15, 0.2) is 18.2 Å². The highest BCUT2D eigenvalue weighted by atomic mass is 35.5. The maximum absolute atomic E-state index is 9.07. The summed E-state index contributed by atoms with van der Waals surface area (Å²) in [6, 6.07) is 7.89. The van der Waals surface area contributed by atoms with E-state index in [9.17, 15) is 0 Å². The van der Waals surface area contributed by atoms with Crippen LogP contribution in [0.3, 0.4) is 0 Å². The van der Waals surface area contributed by atoms with Gasteiger partial charge in [-0.1, -0.05) is 0 Å². The monoisotopic (exact) mass is 289 g/mol. The third-order valence-corrected chi connectivity index (χ3v) is 4.16. The highest BCUT2D eigenvalue weighted by Crippen LogP contribution is 2.30. The van der Waals surface area contributed by atoms with Crippen LogP contribution in [0.2, 0.25) is 0 Å². The molecular formula is C15H16ClN3O. The van der Waals surface area contributed by atoms with Gasteiger partial charge in [0.05, 0.1) is 40.7 Å². The molecule has 20 heavy (non-hydrogen) atoms. The molecule has 0 amide bonds. The van der Waals surface area contributed by atoms with Gasteiger partial charge in [0.25, 0.3) is 0 Å². The van der Waals surface area contributed by atoms with E-state index in [0.717, 1.165) is 36.3 Å². The predicted octanol–water partition coefficient (Wildman–Crippen LogP) is 3.39. The third kappa shape index (κ3) is 2.17. The van der Waals surface area contributed by atoms with Crippen molar-refractivity contribution in [3.8, 4) is 6.07 Å². The Bertz CT molecular complexity index is 668. The number of aromatic nitrogens is 2. The summed E-state index contributed by atoms with van der Waals surface area (Å²) in [4.78, 5) is 4.57. The van der Waals surface area contributed by atoms with Crippen molar-refractivity contribution in [2.45, 2.75) is 37.8 Å². The molecule has 1 aromatic carbocycles. The van der Waals surface area contributed by atoms with E-state index in [-0.39, 0.29) is 12.1 Å². The number of ether oxygens (including phenoxy) is 1. The van der Waals surface area contributed by atoms with Crippen molar-refractivity contribution >= 4 is 22.6 Å². The second-order valence-corrected chi connectivity index (χ2v) is 5.41. The molecule has 3 rings (SSSR count). The van der Waals surface area contributed by atoms with E-state index in [1.165, 1.54) is 0 Å². The fraction of sp³-hybridized carbons (Fsp3) is 0.467. The van der Waals surface area contributed by atoms with Gasteiger partial charge in [0, 0.05) is 6.61 Å². The molecule has 1 aromatic heterocycles. The molecule has 0 saturated carbocycles. The fourth-order valence-electron chi connectivity index (χ4n) is 2.91. The zero-order valence-corrected chi connectivity index (χ0v) is 12.1. The zero-order valence-electron chi connectivity index (χ0n) is 11.3. The number of halogens is 1. The number of hydrogen-bond donors (Lipinski definition) is 0. The molecule has 1 aliphatic rings. The van der Waals surface area contributed by atoms with E-state index >= 15 is 0 Å². The summed E-state index contributed by atoms with van der Waals surface area (Å²) in [6.07, 6.45) is 2.35. The van der Waals surface area contributed by atoms with Crippen LogP contribution in [0.5, 0.6) is 0 Å². The average molecular weight is 290 g/mol. The topological polar surface area (TPSA) is 50.8 Å². The number of fused-ring (bicyclic) bond motifs is 1. The Morgan fingerprint density at radius 1 is 1.60 bits per heavy atom. The Hall–Kier alpha value is -1.57. The van der Waals surface area contributed by atoms with Crippen LogP contribution in [0.1, 0.15) is 37.2 Å². The maximum Gasteiger partial charge on any atom is 0.125 e. The molecule has 2 aromatic rings. The molecule has 1 saturated heterocycles. The van der Waals surface area contributed by atoms with Crippen molar-refractivity contribution < 1.29 is 4.74 Å². The van der Waals surface area contributed by atoms with E-state index in [2.05, 4.69) is 22.5 Å². The summed E-state index contributed by atoms with van der Waals surface area (Å²) >= 11 is 6.04. The minimum Gasteiger partial charge on any atom is -0.376 e. The SMILES string of the molecule is CC(C1CCCO1)n1c(CCl)nc2ccc(C#N)cc21. The minimum absolute atomic E-state index is 0.171. The molecule has 5 heteroatoms. The number of alkyl halides is 1. The van der Waals surface area contributed by atoms with Crippen molar-refractivity contribution in [1.82, 2.24) is 9.55 Å². The highest BCUT2D eigenvalue weighted by molar-refractivity contribution is 6.16. The molecule has 0 N–H and O–H groups in total. The van der Waals surface area contributed by atoms with Gasteiger partial charge in [-0.2, -0.15) is 5.26 Å². The van der Waals surface area contributed by atoms with Gasteiger partial charge in [-0.15, -0.1) is 11.6 Å². The number of hydrogen-bond acceptors (Lipinski definition) is 3. The van der Waals surface area contributed by atoms with Crippen molar-refractivity contribution in [3.05, 3.63) is 29.6 Å². The van der Waals surface area contributed by atoms with Gasteiger partial charge in [0.1, 0.15) is 5.82 Å². The molecular weight excluding hydrogens is 274 g/mol. The van der Waals surface area contributed by atoms with Crippen LogP contribution in [0.4, 0.5) is 0 Å². The minimum atomic E-state index is 0.171. The second kappa shape index (κ2) is 5.43. The first-order valence-electron chi connectivity index (χ1n) is 6.83. The lowest BCUT2D eigenvalue weighted by Gasteiger charge is -2.22. The van der Waals surface area contributed by atoms with E-state index in [1.54, 1.807) is 6.07 Å². The van der Waals surface area contributed by atoms with E-state index in [1.807, 2.05) is 12.1 Å². The van der Waals surface area contributed by atoms with Crippen LogP contribution >= 0.6 is 11.6 Å². The molecule has 2 unspecified atom stereocenters. The summed E-state index contributed by atoms with van der Waals surface area (Å²) < 4.78 is 7.91. The molecule has 0 spiro atoms. The van der Waals surface area contributed by atoms with Crippen molar-refractivity contribution in [2.24, 2.45) is 0 Å². The summed E-state index contributed by atoms with van der Waals surface area (Å²) in [6.45, 7) is 2.95. The molecule has 2 heterocycles. The van der Waals surface area contributed by atoms with Gasteiger partial charge in [0.15, 0.2) is 0 Å². The molecule has 2 atom stereocenters. The van der Waals surface area contributed by atoms with Crippen LogP contribution in [-0.2, 0) is 10.6 Å². The molecule has 4 nitrogen and oxygen atoms in total. The van der Waals surface area contributed by atoms with Crippen LogP contribution < -0.4 is 0 Å². The smallest absolute Gasteiger partial charge is 0.125 e. The molecule has 1 fully saturated rings. The lowest BCUT2D eigenvalue weighted by Crippen LogP contribution is -2.22. The van der Waals surface area contributed by atoms with Gasteiger partial charge in [-0.05, 0) is 38.0 Å². The van der Waals surface area contributed by atoms with Crippen LogP contribution in [0, 0.1) is 11.3 Å². The number of nitrogens with zero attached hydrogens (tertiary/aromatic N) is 3. The zero-order chi connectivity index (χ0) is 14.1. The molecule has 0 radical (unpaired) electrons. The summed E-state index contributed by atoms with van der Waals surface area (Å²) in [5, 5.41) is 9.07. The lowest BCUT2D eigenvalue weighted by atomic mass is 10.1. The van der Waals surface area contributed by atoms with Crippen molar-refractivity contribution in [3.63, 3.8) is 0 Å². The first-order chi connectivity index (χ1) is 9.74. The lowest BCUT2D eigenvalue weighted by molar-refractivity contribution is 0.0738. The Morgan fingerprint density at radius 3 is 3.10 bits per heavy atom. The van der Waals surface area contributed by atoms with Crippen molar-refractivity contribution in [1.29, 1.82) is 5.26 Å². The predicted molar refractivity (Wildman–Crippen MR) is 77.7 cm³/mol. The van der Waals surface area contributed by atoms with Gasteiger partial charge < -0.3 is 9.30 Å². The number of imidazole rings is 1. The largest absolute Gasteiger partial charge is 0.376 e. The number of nitriles is 1. The maximum atomic E-state index is 9.07. The Balaban J connectivity index is 2.13. The first kappa shape index (κ1) is 13.4. The first-order valence-corrected chi connectivity index (χ1v) is 7.36. The van der Waals surface area contributed by atoms with Gasteiger partial charge in [-0.3, -0.25) is 0 Å². The summed E-state index contributed by atoms with van der Waals surface area (Å²) in [7, 11) is 0. The Morgan fingerprint density at radius 2 is 2.45 bits per heavy atom. The van der Waals surface area contributed by atoms with Gasteiger partial charge in [-0.25, -0.2) is 4.98 Å². The normalized spacial score (nSPS) is 20.1. The quantitative estimate of drug-likeness (QED) is 0.814. The summed E-state index contributed by atoms with van der Waals surface area (Å²) in [5.41, 5.74) is 2.48. The van der Waals surface area contributed by atoms with Gasteiger partial charge >= 0.3 is 0 Å². The van der Waals surface area contributed by atoms with Crippen LogP contribution in [0.25, 0.3) is 11.0 Å². The second-order valence-electron chi connectivity index (χ2n) is 5.14. The van der Waals surface area contributed by atoms with E-state index in [4.69, 9.17) is 21.6 Å². The van der Waals surface area contributed by atoms with Gasteiger partial charge in [0.2, 0.25) is 0 Å². The van der Waals surface area contributed by atoms with E-state index < -0.39 is 0 Å². The van der Waals surface area contributed by atoms with Crippen molar-refractivity contribution in [2.75, 3.05) is 6.61 Å². The Kier molecular flexibility index (Phi) is 3.64. The number of rotatable bonds is 3. The average Bonchev–Trinajstić information content (AvgIpc) is 3.12. The molecule has 1 aliphatic heterocycles. The van der Waals surface area contributed by atoms with E-state index in [0.29, 0.717) is 11.4 Å². The third-order valence-electron chi connectivity index (χ3n) is 3.92. The summed E-state index contributed by atoms with van der Waals surface area (Å²) in [5.74, 6) is 1.19. The van der Waals surface area contributed by atoms with Crippen LogP contribution in [-0.4, -0.2) is 22.3 Å².